The number of methoxy groups -OCH3 is 1. The van der Waals surface area contributed by atoms with Crippen LogP contribution in [0.15, 0.2) is 24.4 Å². The van der Waals surface area contributed by atoms with E-state index in [4.69, 9.17) is 20.6 Å². The molecule has 0 spiro atoms. The van der Waals surface area contributed by atoms with Crippen LogP contribution >= 0.6 is 0 Å². The van der Waals surface area contributed by atoms with E-state index < -0.39 is 6.10 Å². The van der Waals surface area contributed by atoms with Crippen molar-refractivity contribution >= 4 is 28.2 Å². The molecule has 4 heterocycles. The van der Waals surface area contributed by atoms with Crippen LogP contribution in [0.2, 0.25) is 0 Å². The fourth-order valence-electron chi connectivity index (χ4n) is 4.87. The van der Waals surface area contributed by atoms with Crippen molar-refractivity contribution < 1.29 is 9.84 Å². The molecule has 1 aromatic carbocycles. The van der Waals surface area contributed by atoms with E-state index >= 15 is 0 Å². The van der Waals surface area contributed by atoms with Crippen molar-refractivity contribution in [1.82, 2.24) is 29.4 Å². The van der Waals surface area contributed by atoms with Crippen molar-refractivity contribution in [3.63, 3.8) is 0 Å². The van der Waals surface area contributed by atoms with Crippen molar-refractivity contribution in [3.05, 3.63) is 35.9 Å². The summed E-state index contributed by atoms with van der Waals surface area (Å²) < 4.78 is 8.83. The summed E-state index contributed by atoms with van der Waals surface area (Å²) in [4.78, 5) is 11.8. The monoisotopic (exact) mass is 464 g/mol. The van der Waals surface area contributed by atoms with E-state index in [1.165, 1.54) is 0 Å². The molecule has 1 fully saturated rings. The maximum atomic E-state index is 10.00. The predicted molar refractivity (Wildman–Crippen MR) is 131 cm³/mol. The highest BCUT2D eigenvalue weighted by atomic mass is 16.5. The second-order valence-electron chi connectivity index (χ2n) is 9.56. The third kappa shape index (κ3) is 3.81. The minimum absolute atomic E-state index is 0.0899. The van der Waals surface area contributed by atoms with E-state index in [0.717, 1.165) is 53.4 Å². The number of ether oxygens (including phenoxy) is 1. The second-order valence-corrected chi connectivity index (χ2v) is 9.56. The van der Waals surface area contributed by atoms with E-state index in [9.17, 15) is 5.11 Å². The first-order valence-electron chi connectivity index (χ1n) is 11.7. The number of piperidine rings is 1. The first-order chi connectivity index (χ1) is 16.2. The molecule has 3 N–H and O–H groups in total. The number of fused-ring (bicyclic) bond motifs is 3. The molecule has 10 nitrogen and oxygen atoms in total. The van der Waals surface area contributed by atoms with Crippen LogP contribution in [0.4, 0.5) is 11.6 Å². The number of nitrogens with two attached hydrogens (primary N) is 1. The van der Waals surface area contributed by atoms with Crippen LogP contribution in [0.3, 0.4) is 0 Å². The van der Waals surface area contributed by atoms with Crippen molar-refractivity contribution in [3.8, 4) is 5.75 Å². The number of aryl methyl sites for hydroxylation is 1. The zero-order valence-electron chi connectivity index (χ0n) is 20.3. The van der Waals surface area contributed by atoms with Gasteiger partial charge in [-0.25, -0.2) is 9.97 Å². The minimum Gasteiger partial charge on any atom is -0.497 e. The first-order valence-corrected chi connectivity index (χ1v) is 11.7. The van der Waals surface area contributed by atoms with Crippen molar-refractivity contribution in [2.75, 3.05) is 30.8 Å². The van der Waals surface area contributed by atoms with Gasteiger partial charge in [0.2, 0.25) is 5.95 Å². The van der Waals surface area contributed by atoms with Gasteiger partial charge >= 0.3 is 0 Å². The number of hydrogen-bond acceptors (Lipinski definition) is 8. The van der Waals surface area contributed by atoms with Gasteiger partial charge in [0.25, 0.3) is 0 Å². The number of nitrogen functional groups attached to an aromatic ring is 1. The largest absolute Gasteiger partial charge is 0.497 e. The molecule has 0 unspecified atom stereocenters. The van der Waals surface area contributed by atoms with E-state index in [1.54, 1.807) is 18.5 Å². The van der Waals surface area contributed by atoms with Gasteiger partial charge in [0.15, 0.2) is 11.5 Å². The van der Waals surface area contributed by atoms with Crippen LogP contribution in [0.25, 0.3) is 16.6 Å². The van der Waals surface area contributed by atoms with Gasteiger partial charge in [-0.2, -0.15) is 9.61 Å². The summed E-state index contributed by atoms with van der Waals surface area (Å²) >= 11 is 0. The highest BCUT2D eigenvalue weighted by molar-refractivity contribution is 5.93. The molecule has 0 radical (unpaired) electrons. The van der Waals surface area contributed by atoms with Gasteiger partial charge in [-0.3, -0.25) is 4.68 Å². The average molecular weight is 465 g/mol. The Kier molecular flexibility index (Phi) is 5.55. The van der Waals surface area contributed by atoms with Crippen LogP contribution in [-0.4, -0.2) is 60.8 Å². The summed E-state index contributed by atoms with van der Waals surface area (Å²) in [5, 5.41) is 20.3. The molecule has 4 atom stereocenters. The van der Waals surface area contributed by atoms with Gasteiger partial charge in [-0.15, -0.1) is 5.10 Å². The molecule has 1 aliphatic rings. The van der Waals surface area contributed by atoms with Gasteiger partial charge in [0.1, 0.15) is 5.75 Å². The van der Waals surface area contributed by atoms with Crippen LogP contribution in [0.1, 0.15) is 50.7 Å². The number of nitrogens with zero attached hydrogens (tertiary/aromatic N) is 7. The van der Waals surface area contributed by atoms with Crippen LogP contribution in [-0.2, 0) is 0 Å². The van der Waals surface area contributed by atoms with Gasteiger partial charge in [-0.05, 0) is 45.2 Å². The number of benzene rings is 1. The molecule has 34 heavy (non-hydrogen) atoms. The van der Waals surface area contributed by atoms with Crippen LogP contribution < -0.4 is 15.4 Å². The Bertz CT molecular complexity index is 1340. The summed E-state index contributed by atoms with van der Waals surface area (Å²) in [5.74, 6) is 2.41. The minimum atomic E-state index is -0.476. The van der Waals surface area contributed by atoms with Gasteiger partial charge in [-0.1, -0.05) is 6.92 Å². The zero-order chi connectivity index (χ0) is 24.1. The first kappa shape index (κ1) is 22.4. The number of aliphatic hydroxyl groups excluding tert-OH is 1. The molecule has 0 saturated carbocycles. The Balaban J connectivity index is 1.50. The Morgan fingerprint density at radius 3 is 2.71 bits per heavy atom. The highest BCUT2D eigenvalue weighted by Gasteiger charge is 2.31. The molecule has 0 amide bonds. The van der Waals surface area contributed by atoms with Gasteiger partial charge < -0.3 is 20.5 Å². The molecule has 4 aromatic rings. The molecular weight excluding hydrogens is 432 g/mol. The number of aromatic nitrogens is 6. The maximum absolute atomic E-state index is 10.00. The third-order valence-electron chi connectivity index (χ3n) is 6.89. The second kappa shape index (κ2) is 8.43. The molecule has 5 rings (SSSR count). The van der Waals surface area contributed by atoms with Gasteiger partial charge in [0.05, 0.1) is 36.2 Å². The summed E-state index contributed by atoms with van der Waals surface area (Å²) in [6.07, 6.45) is 2.56. The lowest BCUT2D eigenvalue weighted by molar-refractivity contribution is 0.132. The molecular formula is C24H32N8O2. The summed E-state index contributed by atoms with van der Waals surface area (Å²) in [7, 11) is 1.63. The molecule has 3 aromatic heterocycles. The smallest absolute Gasteiger partial charge is 0.223 e. The molecule has 0 bridgehead atoms. The third-order valence-corrected chi connectivity index (χ3v) is 6.89. The molecule has 1 saturated heterocycles. The van der Waals surface area contributed by atoms with E-state index in [2.05, 4.69) is 21.9 Å². The van der Waals surface area contributed by atoms with Crippen molar-refractivity contribution in [2.24, 2.45) is 5.92 Å². The molecule has 10 heteroatoms. The Hall–Kier alpha value is -3.40. The molecule has 1 aliphatic heterocycles. The van der Waals surface area contributed by atoms with E-state index in [1.807, 2.05) is 42.9 Å². The summed E-state index contributed by atoms with van der Waals surface area (Å²) in [6.45, 7) is 9.76. The number of hydrogen-bond donors (Lipinski definition) is 2. The fourth-order valence-corrected chi connectivity index (χ4v) is 4.87. The standard InChI is InChI=1S/C24H32N8O2/c1-13-8-17(11-30(10-13)21-12-31(28-14(21)2)15(3)16(4)33)22-27-23-19-7-6-18(34-5)9-20(19)26-24(25)32(23)29-22/h6-7,9,12-13,15-17,33H,8,10-11H2,1-5H3,(H2,25,26)/t13-,15-,16-,17+/m0/s1. The topological polar surface area (TPSA) is 120 Å². The Morgan fingerprint density at radius 1 is 1.18 bits per heavy atom. The zero-order valence-corrected chi connectivity index (χ0v) is 20.3. The number of rotatable bonds is 5. The quantitative estimate of drug-likeness (QED) is 0.463. The van der Waals surface area contributed by atoms with E-state index in [0.29, 0.717) is 17.5 Å². The Morgan fingerprint density at radius 2 is 1.97 bits per heavy atom. The Labute approximate surface area is 198 Å². The summed E-state index contributed by atoms with van der Waals surface area (Å²) in [5.41, 5.74) is 9.73. The van der Waals surface area contributed by atoms with Crippen LogP contribution in [0, 0.1) is 12.8 Å². The maximum Gasteiger partial charge on any atom is 0.223 e. The van der Waals surface area contributed by atoms with Crippen LogP contribution in [0.5, 0.6) is 5.75 Å². The average Bonchev–Trinajstić information content (AvgIpc) is 3.42. The lowest BCUT2D eigenvalue weighted by atomic mass is 9.89. The lowest BCUT2D eigenvalue weighted by Crippen LogP contribution is -2.39. The van der Waals surface area contributed by atoms with Crippen molar-refractivity contribution in [2.45, 2.75) is 52.2 Å². The number of aliphatic hydroxyl groups is 1. The number of anilines is 2. The molecule has 0 aliphatic carbocycles. The SMILES string of the molecule is COc1ccc2c(c1)nc(N)n1nc([C@@H]3C[C@H](C)CN(c4cn([C@@H](C)[C@H](C)O)nc4C)C3)nc21. The normalized spacial score (nSPS) is 20.7. The molecule has 180 valence electrons. The van der Waals surface area contributed by atoms with Crippen molar-refractivity contribution in [1.29, 1.82) is 0 Å². The fraction of sp³-hybridized carbons (Fsp3) is 0.500. The predicted octanol–water partition coefficient (Wildman–Crippen LogP) is 2.95. The van der Waals surface area contributed by atoms with E-state index in [-0.39, 0.29) is 12.0 Å². The van der Waals surface area contributed by atoms with Gasteiger partial charge in [0, 0.05) is 36.7 Å². The summed E-state index contributed by atoms with van der Waals surface area (Å²) in [6, 6.07) is 5.62. The lowest BCUT2D eigenvalue weighted by Gasteiger charge is -2.36. The highest BCUT2D eigenvalue weighted by Crippen LogP contribution is 2.34.